The lowest BCUT2D eigenvalue weighted by atomic mass is 10.3. The molecule has 0 amide bonds. The third-order valence-corrected chi connectivity index (χ3v) is 7.04. The Morgan fingerprint density at radius 1 is 1.13 bits per heavy atom. The maximum atomic E-state index is 12.8. The van der Waals surface area contributed by atoms with Gasteiger partial charge in [0.25, 0.3) is 5.56 Å². The first kappa shape index (κ1) is 19.4. The van der Waals surface area contributed by atoms with E-state index in [4.69, 9.17) is 4.74 Å². The summed E-state index contributed by atoms with van der Waals surface area (Å²) < 4.78 is 34.4. The average molecular weight is 438 g/mol. The van der Waals surface area contributed by atoms with Gasteiger partial charge in [-0.05, 0) is 24.6 Å². The molecule has 10 nitrogen and oxygen atoms in total. The molecule has 1 saturated heterocycles. The fraction of sp³-hybridized carbons (Fsp3) is 0.200. The van der Waals surface area contributed by atoms with Gasteiger partial charge in [-0.2, -0.15) is 14.4 Å². The number of hydrogen-bond donors (Lipinski definition) is 1. The Bertz CT molecular complexity index is 1400. The molecule has 0 radical (unpaired) electrons. The van der Waals surface area contributed by atoms with Crippen LogP contribution in [0.15, 0.2) is 70.9 Å². The minimum atomic E-state index is -3.54. The van der Waals surface area contributed by atoms with Crippen molar-refractivity contribution in [1.82, 2.24) is 29.0 Å². The van der Waals surface area contributed by atoms with Gasteiger partial charge in [-0.3, -0.25) is 19.4 Å². The molecule has 0 bridgehead atoms. The fourth-order valence-corrected chi connectivity index (χ4v) is 5.10. The second-order valence-corrected chi connectivity index (χ2v) is 9.08. The summed E-state index contributed by atoms with van der Waals surface area (Å²) in [5, 5.41) is 4.73. The standard InChI is InChI=1S/C20H18N6O4S/c27-19-17-6-8-21-11-18(17)23-20(24-19)30-15-10-22-26(13-15)14-7-9-25(12-14)31(28,29)16-4-2-1-3-5-16/h1-6,8,10-11,13-14H,7,9,12H2,(H,23,24,27)/t14-/m0/s1. The topological polar surface area (TPSA) is 123 Å². The molecule has 0 saturated carbocycles. The van der Waals surface area contributed by atoms with E-state index in [1.165, 1.54) is 22.9 Å². The summed E-state index contributed by atoms with van der Waals surface area (Å²) >= 11 is 0. The number of hydrogen-bond acceptors (Lipinski definition) is 7. The normalized spacial score (nSPS) is 17.2. The minimum Gasteiger partial charge on any atom is -0.422 e. The van der Waals surface area contributed by atoms with Gasteiger partial charge in [0.15, 0.2) is 5.75 Å². The molecular weight excluding hydrogens is 420 g/mol. The highest BCUT2D eigenvalue weighted by molar-refractivity contribution is 7.89. The second kappa shape index (κ2) is 7.60. The Kier molecular flexibility index (Phi) is 4.75. The molecule has 4 heterocycles. The number of pyridine rings is 1. The molecule has 0 aliphatic carbocycles. The summed E-state index contributed by atoms with van der Waals surface area (Å²) in [6, 6.07) is 9.87. The van der Waals surface area contributed by atoms with Gasteiger partial charge in [-0.15, -0.1) is 0 Å². The van der Waals surface area contributed by atoms with E-state index in [0.717, 1.165) is 0 Å². The highest BCUT2D eigenvalue weighted by Crippen LogP contribution is 2.28. The molecule has 0 spiro atoms. The number of sulfonamides is 1. The van der Waals surface area contributed by atoms with Crippen molar-refractivity contribution in [3.8, 4) is 11.8 Å². The Morgan fingerprint density at radius 2 is 1.97 bits per heavy atom. The number of H-pyrrole nitrogens is 1. The van der Waals surface area contributed by atoms with Gasteiger partial charge >= 0.3 is 6.01 Å². The molecule has 0 unspecified atom stereocenters. The Hall–Kier alpha value is -3.57. The van der Waals surface area contributed by atoms with Crippen molar-refractivity contribution >= 4 is 20.9 Å². The smallest absolute Gasteiger partial charge is 0.302 e. The van der Waals surface area contributed by atoms with Crippen molar-refractivity contribution in [3.05, 3.63) is 71.5 Å². The van der Waals surface area contributed by atoms with Crippen LogP contribution in [0.25, 0.3) is 10.9 Å². The van der Waals surface area contributed by atoms with Crippen LogP contribution >= 0.6 is 0 Å². The molecule has 1 aliphatic rings. The third kappa shape index (κ3) is 3.68. The number of rotatable bonds is 5. The lowest BCUT2D eigenvalue weighted by molar-refractivity contribution is 0.426. The van der Waals surface area contributed by atoms with E-state index in [9.17, 15) is 13.2 Å². The fourth-order valence-electron chi connectivity index (χ4n) is 3.59. The minimum absolute atomic E-state index is 0.0322. The van der Waals surface area contributed by atoms with Gasteiger partial charge < -0.3 is 4.74 Å². The molecule has 1 N–H and O–H groups in total. The van der Waals surface area contributed by atoms with E-state index in [1.807, 2.05) is 0 Å². The number of fused-ring (bicyclic) bond motifs is 1. The van der Waals surface area contributed by atoms with Crippen LogP contribution in [-0.4, -0.2) is 50.5 Å². The van der Waals surface area contributed by atoms with Crippen LogP contribution in [0.5, 0.6) is 11.8 Å². The summed E-state index contributed by atoms with van der Waals surface area (Å²) in [6.45, 7) is 0.722. The number of nitrogens with one attached hydrogen (secondary N) is 1. The molecule has 11 heteroatoms. The number of ether oxygens (including phenoxy) is 1. The number of nitrogens with zero attached hydrogens (tertiary/aromatic N) is 5. The van der Waals surface area contributed by atoms with E-state index in [-0.39, 0.29) is 22.5 Å². The predicted molar refractivity (Wildman–Crippen MR) is 111 cm³/mol. The van der Waals surface area contributed by atoms with Crippen molar-refractivity contribution in [2.75, 3.05) is 13.1 Å². The zero-order chi connectivity index (χ0) is 21.4. The van der Waals surface area contributed by atoms with E-state index in [2.05, 4.69) is 20.1 Å². The average Bonchev–Trinajstić information content (AvgIpc) is 3.44. The third-order valence-electron chi connectivity index (χ3n) is 5.16. The SMILES string of the molecule is O=c1[nH]c(Oc2cnn([C@H]3CCN(S(=O)(=O)c4ccccc4)C3)c2)nc2cnccc12. The zero-order valence-corrected chi connectivity index (χ0v) is 17.1. The van der Waals surface area contributed by atoms with Crippen LogP contribution in [0.2, 0.25) is 0 Å². The molecule has 5 rings (SSSR count). The van der Waals surface area contributed by atoms with Crippen molar-refractivity contribution in [1.29, 1.82) is 0 Å². The number of benzene rings is 1. The van der Waals surface area contributed by atoms with Gasteiger partial charge in [-0.25, -0.2) is 8.42 Å². The molecular formula is C20H18N6O4S. The van der Waals surface area contributed by atoms with Crippen LogP contribution in [-0.2, 0) is 10.0 Å². The molecule has 158 valence electrons. The summed E-state index contributed by atoms with van der Waals surface area (Å²) in [4.78, 5) is 23.2. The molecule has 1 aliphatic heterocycles. The highest BCUT2D eigenvalue weighted by Gasteiger charge is 2.33. The first-order chi connectivity index (χ1) is 15.0. The van der Waals surface area contributed by atoms with Crippen molar-refractivity contribution in [2.45, 2.75) is 17.4 Å². The van der Waals surface area contributed by atoms with E-state index < -0.39 is 10.0 Å². The Balaban J connectivity index is 1.32. The van der Waals surface area contributed by atoms with Crippen LogP contribution in [0.4, 0.5) is 0 Å². The van der Waals surface area contributed by atoms with Crippen LogP contribution in [0.1, 0.15) is 12.5 Å². The number of aromatic nitrogens is 5. The van der Waals surface area contributed by atoms with Crippen molar-refractivity contribution in [2.24, 2.45) is 0 Å². The van der Waals surface area contributed by atoms with Crippen molar-refractivity contribution < 1.29 is 13.2 Å². The zero-order valence-electron chi connectivity index (χ0n) is 16.2. The summed E-state index contributed by atoms with van der Waals surface area (Å²) in [7, 11) is -3.54. The second-order valence-electron chi connectivity index (χ2n) is 7.14. The summed E-state index contributed by atoms with van der Waals surface area (Å²) in [5.74, 6) is 0.385. The molecule has 4 aromatic rings. The van der Waals surface area contributed by atoms with E-state index >= 15 is 0 Å². The van der Waals surface area contributed by atoms with Gasteiger partial charge in [0.2, 0.25) is 10.0 Å². The lowest BCUT2D eigenvalue weighted by Gasteiger charge is -2.16. The van der Waals surface area contributed by atoms with Gasteiger partial charge in [0.1, 0.15) is 0 Å². The first-order valence-electron chi connectivity index (χ1n) is 9.62. The van der Waals surface area contributed by atoms with Crippen LogP contribution < -0.4 is 10.3 Å². The van der Waals surface area contributed by atoms with E-state index in [1.54, 1.807) is 47.3 Å². The monoisotopic (exact) mass is 438 g/mol. The quantitative estimate of drug-likeness (QED) is 0.505. The van der Waals surface area contributed by atoms with Crippen LogP contribution in [0, 0.1) is 0 Å². The maximum absolute atomic E-state index is 12.8. The molecule has 31 heavy (non-hydrogen) atoms. The first-order valence-corrected chi connectivity index (χ1v) is 11.1. The molecule has 1 aromatic carbocycles. The van der Waals surface area contributed by atoms with Crippen molar-refractivity contribution in [3.63, 3.8) is 0 Å². The number of aromatic amines is 1. The lowest BCUT2D eigenvalue weighted by Crippen LogP contribution is -2.29. The van der Waals surface area contributed by atoms with Crippen LogP contribution in [0.3, 0.4) is 0 Å². The van der Waals surface area contributed by atoms with Gasteiger partial charge in [-0.1, -0.05) is 18.2 Å². The molecule has 1 fully saturated rings. The summed E-state index contributed by atoms with van der Waals surface area (Å²) in [6.07, 6.45) is 6.80. The molecule has 1 atom stereocenters. The Labute approximate surface area is 177 Å². The van der Waals surface area contributed by atoms with Gasteiger partial charge in [0, 0.05) is 19.3 Å². The maximum Gasteiger partial charge on any atom is 0.302 e. The predicted octanol–water partition coefficient (Wildman–Crippen LogP) is 1.94. The summed E-state index contributed by atoms with van der Waals surface area (Å²) in [5.41, 5.74) is 0.0959. The van der Waals surface area contributed by atoms with Gasteiger partial charge in [0.05, 0.1) is 40.4 Å². The largest absolute Gasteiger partial charge is 0.422 e. The van der Waals surface area contributed by atoms with E-state index in [0.29, 0.717) is 36.2 Å². The molecule has 3 aromatic heterocycles. The highest BCUT2D eigenvalue weighted by atomic mass is 32.2. The Morgan fingerprint density at radius 3 is 2.81 bits per heavy atom.